The second-order valence-electron chi connectivity index (χ2n) is 4.77. The van der Waals surface area contributed by atoms with Gasteiger partial charge < -0.3 is 4.90 Å². The number of likely N-dealkylation sites (N-methyl/N-ethyl adjacent to an activating group) is 1. The summed E-state index contributed by atoms with van der Waals surface area (Å²) in [5, 5.41) is 6.95. The van der Waals surface area contributed by atoms with Gasteiger partial charge in [0.25, 0.3) is 0 Å². The molecule has 0 fully saturated rings. The molecule has 98 valence electrons. The summed E-state index contributed by atoms with van der Waals surface area (Å²) in [7, 11) is 4.10. The highest BCUT2D eigenvalue weighted by molar-refractivity contribution is 7.99. The van der Waals surface area contributed by atoms with Gasteiger partial charge in [-0.2, -0.15) is 5.10 Å². The fraction of sp³-hybridized carbons (Fsp3) is 0.267. The summed E-state index contributed by atoms with van der Waals surface area (Å²) >= 11 is 1.92. The van der Waals surface area contributed by atoms with Crippen LogP contribution >= 0.6 is 11.8 Å². The molecule has 1 aromatic carbocycles. The SMILES string of the molecule is CN1C=CC2=NN(C)C(SCc3ccccc3)C2=C1. The van der Waals surface area contributed by atoms with Crippen LogP contribution in [0.5, 0.6) is 0 Å². The van der Waals surface area contributed by atoms with E-state index in [4.69, 9.17) is 0 Å². The Morgan fingerprint density at radius 1 is 1.21 bits per heavy atom. The second kappa shape index (κ2) is 5.13. The minimum atomic E-state index is 0.308. The lowest BCUT2D eigenvalue weighted by atomic mass is 10.1. The van der Waals surface area contributed by atoms with E-state index in [1.807, 2.05) is 25.0 Å². The van der Waals surface area contributed by atoms with Gasteiger partial charge in [-0.3, -0.25) is 5.01 Å². The lowest BCUT2D eigenvalue weighted by Crippen LogP contribution is -2.23. The molecular formula is C15H17N3S. The molecule has 1 aromatic rings. The Balaban J connectivity index is 1.72. The molecule has 0 N–H and O–H groups in total. The predicted molar refractivity (Wildman–Crippen MR) is 81.7 cm³/mol. The number of benzene rings is 1. The molecule has 2 aliphatic rings. The van der Waals surface area contributed by atoms with Gasteiger partial charge in [0, 0.05) is 37.8 Å². The van der Waals surface area contributed by atoms with Gasteiger partial charge in [-0.15, -0.1) is 11.8 Å². The average molecular weight is 271 g/mol. The fourth-order valence-corrected chi connectivity index (χ4v) is 3.43. The average Bonchev–Trinajstić information content (AvgIpc) is 2.73. The van der Waals surface area contributed by atoms with Gasteiger partial charge in [-0.25, -0.2) is 0 Å². The molecule has 0 aliphatic carbocycles. The van der Waals surface area contributed by atoms with Crippen molar-refractivity contribution in [1.82, 2.24) is 9.91 Å². The molecule has 1 unspecified atom stereocenters. The number of allylic oxidation sites excluding steroid dienone is 1. The molecule has 0 radical (unpaired) electrons. The molecule has 0 amide bonds. The van der Waals surface area contributed by atoms with Gasteiger partial charge in [0.15, 0.2) is 0 Å². The van der Waals surface area contributed by atoms with Crippen LogP contribution in [-0.2, 0) is 5.75 Å². The number of hydrogen-bond acceptors (Lipinski definition) is 4. The number of hydrogen-bond donors (Lipinski definition) is 0. The van der Waals surface area contributed by atoms with E-state index in [-0.39, 0.29) is 0 Å². The van der Waals surface area contributed by atoms with E-state index < -0.39 is 0 Å². The Morgan fingerprint density at radius 2 is 2.00 bits per heavy atom. The standard InChI is InChI=1S/C15H17N3S/c1-17-9-8-14-13(10-17)15(18(2)16-14)19-11-12-6-4-3-5-7-12/h3-10,15H,11H2,1-2H3. The Bertz CT molecular complexity index is 548. The first-order chi connectivity index (χ1) is 9.24. The highest BCUT2D eigenvalue weighted by Crippen LogP contribution is 2.33. The molecule has 0 aromatic heterocycles. The van der Waals surface area contributed by atoms with E-state index in [1.54, 1.807) is 0 Å². The summed E-state index contributed by atoms with van der Waals surface area (Å²) in [5.74, 6) is 1.00. The van der Waals surface area contributed by atoms with Crippen molar-refractivity contribution >= 4 is 17.5 Å². The molecule has 3 rings (SSSR count). The van der Waals surface area contributed by atoms with Gasteiger partial charge >= 0.3 is 0 Å². The largest absolute Gasteiger partial charge is 0.357 e. The first kappa shape index (κ1) is 12.4. The second-order valence-corrected chi connectivity index (χ2v) is 5.84. The lowest BCUT2D eigenvalue weighted by Gasteiger charge is -2.22. The van der Waals surface area contributed by atoms with Crippen molar-refractivity contribution in [2.45, 2.75) is 11.1 Å². The normalized spacial score (nSPS) is 21.3. The van der Waals surface area contributed by atoms with Gasteiger partial charge in [0.2, 0.25) is 0 Å². The molecule has 0 spiro atoms. The van der Waals surface area contributed by atoms with Crippen molar-refractivity contribution < 1.29 is 0 Å². The number of thioether (sulfide) groups is 1. The van der Waals surface area contributed by atoms with Crippen molar-refractivity contribution in [1.29, 1.82) is 0 Å². The first-order valence-electron chi connectivity index (χ1n) is 6.33. The summed E-state index contributed by atoms with van der Waals surface area (Å²) in [6.07, 6.45) is 6.29. The van der Waals surface area contributed by atoms with Crippen LogP contribution in [0.2, 0.25) is 0 Å². The zero-order valence-electron chi connectivity index (χ0n) is 11.2. The molecule has 1 atom stereocenters. The molecular weight excluding hydrogens is 254 g/mol. The monoisotopic (exact) mass is 271 g/mol. The summed E-state index contributed by atoms with van der Waals surface area (Å²) in [4.78, 5) is 2.09. The minimum Gasteiger partial charge on any atom is -0.357 e. The van der Waals surface area contributed by atoms with Crippen molar-refractivity contribution in [2.24, 2.45) is 5.10 Å². The van der Waals surface area contributed by atoms with Crippen LogP contribution in [-0.4, -0.2) is 35.1 Å². The number of nitrogens with zero attached hydrogens (tertiary/aromatic N) is 3. The zero-order valence-corrected chi connectivity index (χ0v) is 12.0. The lowest BCUT2D eigenvalue weighted by molar-refractivity contribution is 0.382. The Hall–Kier alpha value is -1.68. The van der Waals surface area contributed by atoms with Crippen molar-refractivity contribution in [3.05, 3.63) is 59.9 Å². The topological polar surface area (TPSA) is 18.8 Å². The van der Waals surface area contributed by atoms with Crippen LogP contribution in [0.3, 0.4) is 0 Å². The van der Waals surface area contributed by atoms with Gasteiger partial charge in [0.05, 0.1) is 5.71 Å². The van der Waals surface area contributed by atoms with E-state index >= 15 is 0 Å². The third-order valence-electron chi connectivity index (χ3n) is 3.23. The van der Waals surface area contributed by atoms with E-state index in [0.717, 1.165) is 11.5 Å². The predicted octanol–water partition coefficient (Wildman–Crippen LogP) is 2.89. The molecule has 4 heteroatoms. The van der Waals surface area contributed by atoms with Crippen LogP contribution in [0.15, 0.2) is 59.5 Å². The molecule has 0 saturated heterocycles. The number of fused-ring (bicyclic) bond motifs is 1. The van der Waals surface area contributed by atoms with Crippen LogP contribution in [0, 0.1) is 0 Å². The summed E-state index contributed by atoms with van der Waals surface area (Å²) in [6, 6.07) is 10.6. The van der Waals surface area contributed by atoms with Crippen LogP contribution in [0.1, 0.15) is 5.56 Å². The highest BCUT2D eigenvalue weighted by Gasteiger charge is 2.30. The van der Waals surface area contributed by atoms with Crippen molar-refractivity contribution in [3.63, 3.8) is 0 Å². The maximum Gasteiger partial charge on any atom is 0.121 e. The third kappa shape index (κ3) is 2.54. The van der Waals surface area contributed by atoms with E-state index in [2.05, 4.69) is 64.7 Å². The summed E-state index contributed by atoms with van der Waals surface area (Å²) < 4.78 is 0. The van der Waals surface area contributed by atoms with Crippen molar-refractivity contribution in [3.8, 4) is 0 Å². The molecule has 2 heterocycles. The number of rotatable bonds is 3. The highest BCUT2D eigenvalue weighted by atomic mass is 32.2. The van der Waals surface area contributed by atoms with Gasteiger partial charge in [-0.05, 0) is 11.6 Å². The molecule has 0 saturated carbocycles. The molecule has 2 aliphatic heterocycles. The summed E-state index contributed by atoms with van der Waals surface area (Å²) in [5.41, 5.74) is 3.74. The van der Waals surface area contributed by atoms with E-state index in [0.29, 0.717) is 5.37 Å². The Kier molecular flexibility index (Phi) is 3.34. The minimum absolute atomic E-state index is 0.308. The molecule has 19 heavy (non-hydrogen) atoms. The Morgan fingerprint density at radius 3 is 2.79 bits per heavy atom. The van der Waals surface area contributed by atoms with E-state index in [1.165, 1.54) is 11.1 Å². The third-order valence-corrected chi connectivity index (χ3v) is 4.60. The first-order valence-corrected chi connectivity index (χ1v) is 7.38. The maximum absolute atomic E-state index is 4.59. The van der Waals surface area contributed by atoms with Crippen LogP contribution < -0.4 is 0 Å². The summed E-state index contributed by atoms with van der Waals surface area (Å²) in [6.45, 7) is 0. The van der Waals surface area contributed by atoms with Gasteiger partial charge in [-0.1, -0.05) is 30.3 Å². The molecule has 0 bridgehead atoms. The van der Waals surface area contributed by atoms with Gasteiger partial charge in [0.1, 0.15) is 5.37 Å². The smallest absolute Gasteiger partial charge is 0.121 e. The quantitative estimate of drug-likeness (QED) is 0.842. The molecule has 3 nitrogen and oxygen atoms in total. The number of hydrazone groups is 1. The Labute approximate surface area is 118 Å². The van der Waals surface area contributed by atoms with Crippen LogP contribution in [0.25, 0.3) is 0 Å². The van der Waals surface area contributed by atoms with Crippen molar-refractivity contribution in [2.75, 3.05) is 14.1 Å². The fourth-order valence-electron chi connectivity index (χ4n) is 2.26. The maximum atomic E-state index is 4.59. The van der Waals surface area contributed by atoms with E-state index in [9.17, 15) is 0 Å². The zero-order chi connectivity index (χ0) is 13.2. The van der Waals surface area contributed by atoms with Crippen LogP contribution in [0.4, 0.5) is 0 Å².